The van der Waals surface area contributed by atoms with E-state index < -0.39 is 0 Å². The fraction of sp³-hybridized carbons (Fsp3) is 0.500. The lowest BCUT2D eigenvalue weighted by atomic mass is 10.2. The molecule has 0 radical (unpaired) electrons. The van der Waals surface area contributed by atoms with E-state index in [-0.39, 0.29) is 0 Å². The first-order valence-electron chi connectivity index (χ1n) is 4.66. The van der Waals surface area contributed by atoms with Crippen molar-refractivity contribution in [3.8, 4) is 0 Å². The molecule has 72 valence electrons. The van der Waals surface area contributed by atoms with Gasteiger partial charge in [-0.25, -0.2) is 4.98 Å². The van der Waals surface area contributed by atoms with Gasteiger partial charge in [0.1, 0.15) is 0 Å². The van der Waals surface area contributed by atoms with Gasteiger partial charge >= 0.3 is 0 Å². The maximum absolute atomic E-state index is 5.93. The first-order valence-corrected chi connectivity index (χ1v) is 4.66. The van der Waals surface area contributed by atoms with Crippen LogP contribution in [0.25, 0.3) is 0 Å². The Hall–Kier alpha value is -1.25. The summed E-state index contributed by atoms with van der Waals surface area (Å²) in [5.74, 6) is 0.907. The Kier molecular flexibility index (Phi) is 3.12. The molecule has 0 unspecified atom stereocenters. The highest BCUT2D eigenvalue weighted by Crippen LogP contribution is 2.22. The van der Waals surface area contributed by atoms with E-state index in [0.717, 1.165) is 30.2 Å². The molecular formula is C10H17N3. The highest BCUT2D eigenvalue weighted by molar-refractivity contribution is 5.66. The Bertz CT molecular complexity index is 279. The van der Waals surface area contributed by atoms with Crippen LogP contribution in [0, 0.1) is 6.92 Å². The average molecular weight is 179 g/mol. The molecule has 0 atom stereocenters. The van der Waals surface area contributed by atoms with Crippen LogP contribution in [-0.4, -0.2) is 18.1 Å². The summed E-state index contributed by atoms with van der Waals surface area (Å²) < 4.78 is 0. The molecule has 1 heterocycles. The van der Waals surface area contributed by atoms with Crippen molar-refractivity contribution < 1.29 is 0 Å². The molecule has 13 heavy (non-hydrogen) atoms. The van der Waals surface area contributed by atoms with Crippen molar-refractivity contribution in [3.05, 3.63) is 17.8 Å². The second kappa shape index (κ2) is 4.12. The lowest BCUT2D eigenvalue weighted by Crippen LogP contribution is -2.24. The summed E-state index contributed by atoms with van der Waals surface area (Å²) in [7, 11) is 0. The Balaban J connectivity index is 3.05. The molecule has 0 aromatic carbocycles. The number of pyridine rings is 1. The molecule has 2 N–H and O–H groups in total. The van der Waals surface area contributed by atoms with Crippen molar-refractivity contribution >= 4 is 11.5 Å². The van der Waals surface area contributed by atoms with E-state index in [1.807, 2.05) is 13.0 Å². The lowest BCUT2D eigenvalue weighted by Gasteiger charge is -2.21. The molecule has 1 aromatic rings. The topological polar surface area (TPSA) is 42.2 Å². The zero-order valence-corrected chi connectivity index (χ0v) is 8.54. The summed E-state index contributed by atoms with van der Waals surface area (Å²) >= 11 is 0. The Morgan fingerprint density at radius 2 is 2.00 bits per heavy atom. The van der Waals surface area contributed by atoms with E-state index in [4.69, 9.17) is 5.73 Å². The number of nitrogen functional groups attached to an aromatic ring is 1. The van der Waals surface area contributed by atoms with Crippen LogP contribution in [0.15, 0.2) is 12.3 Å². The third kappa shape index (κ3) is 1.91. The molecular weight excluding hydrogens is 162 g/mol. The van der Waals surface area contributed by atoms with Crippen molar-refractivity contribution in [1.82, 2.24) is 4.98 Å². The first kappa shape index (κ1) is 9.84. The summed E-state index contributed by atoms with van der Waals surface area (Å²) in [5.41, 5.74) is 7.82. The summed E-state index contributed by atoms with van der Waals surface area (Å²) in [5, 5.41) is 0. The monoisotopic (exact) mass is 179 g/mol. The van der Waals surface area contributed by atoms with Crippen LogP contribution >= 0.6 is 0 Å². The summed E-state index contributed by atoms with van der Waals surface area (Å²) in [6.07, 6.45) is 1.80. The second-order valence-corrected chi connectivity index (χ2v) is 3.04. The van der Waals surface area contributed by atoms with Gasteiger partial charge in [-0.3, -0.25) is 0 Å². The molecule has 0 aliphatic rings. The number of aryl methyl sites for hydroxylation is 1. The fourth-order valence-electron chi connectivity index (χ4n) is 1.33. The van der Waals surface area contributed by atoms with Crippen molar-refractivity contribution in [1.29, 1.82) is 0 Å². The quantitative estimate of drug-likeness (QED) is 0.769. The molecule has 0 fully saturated rings. The molecule has 0 saturated carbocycles. The zero-order valence-electron chi connectivity index (χ0n) is 8.54. The molecule has 3 heteroatoms. The van der Waals surface area contributed by atoms with Gasteiger partial charge in [-0.05, 0) is 32.4 Å². The molecule has 0 aliphatic carbocycles. The largest absolute Gasteiger partial charge is 0.396 e. The van der Waals surface area contributed by atoms with Gasteiger partial charge in [0.25, 0.3) is 0 Å². The summed E-state index contributed by atoms with van der Waals surface area (Å²) in [6.45, 7) is 8.10. The molecule has 0 aliphatic heterocycles. The van der Waals surface area contributed by atoms with Gasteiger partial charge in [0.2, 0.25) is 0 Å². The summed E-state index contributed by atoms with van der Waals surface area (Å²) in [4.78, 5) is 6.44. The van der Waals surface area contributed by atoms with E-state index >= 15 is 0 Å². The van der Waals surface area contributed by atoms with E-state index in [2.05, 4.69) is 23.7 Å². The SMILES string of the molecule is CCN(CC)c1nccc(C)c1N. The fourth-order valence-corrected chi connectivity index (χ4v) is 1.33. The van der Waals surface area contributed by atoms with E-state index in [0.29, 0.717) is 0 Å². The van der Waals surface area contributed by atoms with Crippen LogP contribution < -0.4 is 10.6 Å². The normalized spacial score (nSPS) is 10.1. The average Bonchev–Trinajstić information content (AvgIpc) is 2.14. The summed E-state index contributed by atoms with van der Waals surface area (Å²) in [6, 6.07) is 1.93. The zero-order chi connectivity index (χ0) is 9.84. The lowest BCUT2D eigenvalue weighted by molar-refractivity contribution is 0.847. The molecule has 0 spiro atoms. The number of nitrogens with zero attached hydrogens (tertiary/aromatic N) is 2. The van der Waals surface area contributed by atoms with Crippen LogP contribution in [0.4, 0.5) is 11.5 Å². The highest BCUT2D eigenvalue weighted by atomic mass is 15.2. The standard InChI is InChI=1S/C10H17N3/c1-4-13(5-2)10-9(11)8(3)6-7-12-10/h6-7H,4-5,11H2,1-3H3. The number of hydrogen-bond donors (Lipinski definition) is 1. The third-order valence-corrected chi connectivity index (χ3v) is 2.25. The predicted octanol–water partition coefficient (Wildman–Crippen LogP) is 1.82. The Morgan fingerprint density at radius 3 is 2.54 bits per heavy atom. The molecule has 1 rings (SSSR count). The first-order chi connectivity index (χ1) is 6.20. The van der Waals surface area contributed by atoms with Crippen LogP contribution in [0.1, 0.15) is 19.4 Å². The number of anilines is 2. The second-order valence-electron chi connectivity index (χ2n) is 3.04. The van der Waals surface area contributed by atoms with Crippen molar-refractivity contribution in [2.75, 3.05) is 23.7 Å². The Labute approximate surface area is 79.6 Å². The molecule has 1 aromatic heterocycles. The maximum Gasteiger partial charge on any atom is 0.152 e. The van der Waals surface area contributed by atoms with E-state index in [1.54, 1.807) is 6.20 Å². The molecule has 0 bridgehead atoms. The van der Waals surface area contributed by atoms with Gasteiger partial charge in [0, 0.05) is 19.3 Å². The van der Waals surface area contributed by atoms with Crippen molar-refractivity contribution in [2.24, 2.45) is 0 Å². The number of nitrogens with two attached hydrogens (primary N) is 1. The smallest absolute Gasteiger partial charge is 0.152 e. The minimum atomic E-state index is 0.797. The number of aromatic nitrogens is 1. The van der Waals surface area contributed by atoms with E-state index in [9.17, 15) is 0 Å². The van der Waals surface area contributed by atoms with Crippen LogP contribution in [0.3, 0.4) is 0 Å². The van der Waals surface area contributed by atoms with Gasteiger partial charge in [-0.2, -0.15) is 0 Å². The third-order valence-electron chi connectivity index (χ3n) is 2.25. The minimum Gasteiger partial charge on any atom is -0.396 e. The molecule has 0 saturated heterocycles. The van der Waals surface area contributed by atoms with Crippen molar-refractivity contribution in [2.45, 2.75) is 20.8 Å². The van der Waals surface area contributed by atoms with Crippen LogP contribution in [0.5, 0.6) is 0 Å². The number of hydrogen-bond acceptors (Lipinski definition) is 3. The van der Waals surface area contributed by atoms with Crippen molar-refractivity contribution in [3.63, 3.8) is 0 Å². The van der Waals surface area contributed by atoms with Gasteiger partial charge < -0.3 is 10.6 Å². The Morgan fingerprint density at radius 1 is 1.38 bits per heavy atom. The van der Waals surface area contributed by atoms with Gasteiger partial charge in [-0.15, -0.1) is 0 Å². The number of rotatable bonds is 3. The highest BCUT2D eigenvalue weighted by Gasteiger charge is 2.08. The van der Waals surface area contributed by atoms with Crippen LogP contribution in [0.2, 0.25) is 0 Å². The minimum absolute atomic E-state index is 0.797. The van der Waals surface area contributed by atoms with Gasteiger partial charge in [-0.1, -0.05) is 0 Å². The van der Waals surface area contributed by atoms with Crippen LogP contribution in [-0.2, 0) is 0 Å². The maximum atomic E-state index is 5.93. The predicted molar refractivity (Wildman–Crippen MR) is 56.9 cm³/mol. The van der Waals surface area contributed by atoms with Gasteiger partial charge in [0.05, 0.1) is 5.69 Å². The van der Waals surface area contributed by atoms with Gasteiger partial charge in [0.15, 0.2) is 5.82 Å². The van der Waals surface area contributed by atoms with E-state index in [1.165, 1.54) is 0 Å². The molecule has 0 amide bonds. The molecule has 3 nitrogen and oxygen atoms in total.